The maximum absolute atomic E-state index is 13.3. The van der Waals surface area contributed by atoms with Gasteiger partial charge in [0.25, 0.3) is 5.91 Å². The third-order valence-electron chi connectivity index (χ3n) is 9.44. The minimum absolute atomic E-state index is 0.0803. The lowest BCUT2D eigenvalue weighted by molar-refractivity contribution is -0.177. The molecule has 254 valence electrons. The zero-order chi connectivity index (χ0) is 34.4. The number of amides is 1. The Kier molecular flexibility index (Phi) is 9.05. The molecule has 47 heavy (non-hydrogen) atoms. The molecular weight excluding hydrogens is 624 g/mol. The van der Waals surface area contributed by atoms with Gasteiger partial charge in [0, 0.05) is 30.5 Å². The van der Waals surface area contributed by atoms with Crippen molar-refractivity contribution in [2.24, 2.45) is 0 Å². The monoisotopic (exact) mass is 660 g/mol. The first-order valence-corrected chi connectivity index (χ1v) is 15.0. The Morgan fingerprint density at radius 3 is 2.49 bits per heavy atom. The van der Waals surface area contributed by atoms with Crippen molar-refractivity contribution >= 4 is 35.8 Å². The molecule has 0 unspecified atom stereocenters. The molecule has 16 nitrogen and oxygen atoms in total. The van der Waals surface area contributed by atoms with Crippen molar-refractivity contribution in [3.8, 4) is 5.75 Å². The van der Waals surface area contributed by atoms with Crippen molar-refractivity contribution in [2.45, 2.75) is 94.0 Å². The van der Waals surface area contributed by atoms with Crippen LogP contribution < -0.4 is 10.1 Å². The molecule has 1 aromatic carbocycles. The summed E-state index contributed by atoms with van der Waals surface area (Å²) in [5.74, 6) is -7.04. The Balaban J connectivity index is 1.33. The fraction of sp³-hybridized carbons (Fsp3) is 0.548. The summed E-state index contributed by atoms with van der Waals surface area (Å²) in [6.45, 7) is 2.36. The average molecular weight is 661 g/mol. The Bertz CT molecular complexity index is 1560. The fourth-order valence-electron chi connectivity index (χ4n) is 7.30. The number of carbonyl (C=O) groups excluding carboxylic acids is 4. The van der Waals surface area contributed by atoms with E-state index in [1.807, 2.05) is 18.4 Å². The van der Waals surface area contributed by atoms with Crippen LogP contribution in [-0.4, -0.2) is 111 Å². The highest BCUT2D eigenvalue weighted by atomic mass is 16.6. The van der Waals surface area contributed by atoms with Crippen LogP contribution in [0.2, 0.25) is 0 Å². The summed E-state index contributed by atoms with van der Waals surface area (Å²) in [6, 6.07) is 1.62. The number of hydrogen-bond acceptors (Lipinski definition) is 13. The summed E-state index contributed by atoms with van der Waals surface area (Å²) in [6.07, 6.45) is -3.54. The topological polar surface area (TPSA) is 236 Å². The number of carboxylic acid groups (broad SMARTS) is 2. The molecule has 16 heteroatoms. The second-order valence-electron chi connectivity index (χ2n) is 12.3. The molecule has 7 atom stereocenters. The summed E-state index contributed by atoms with van der Waals surface area (Å²) < 4.78 is 22.1. The quantitative estimate of drug-likeness (QED) is 0.138. The third kappa shape index (κ3) is 5.80. The smallest absolute Gasteiger partial charge is 0.348 e. The number of ether oxygens (including phenoxy) is 4. The van der Waals surface area contributed by atoms with Crippen LogP contribution >= 0.6 is 0 Å². The van der Waals surface area contributed by atoms with Crippen LogP contribution in [0.4, 0.5) is 0 Å². The van der Waals surface area contributed by atoms with Crippen LogP contribution in [0.1, 0.15) is 56.2 Å². The SMILES string of the molecule is CC(=O)O[C@@H](CC(=O)OC1=CC[C@@]2(O)[C@H]3Cc4ccc(CO)c5c4[C@@]2(CCN3C)[C@H]1O5)C(=O)O[C@@H](C)C(=O)N[C@@H](CC(=O)O)C(=O)O. The van der Waals surface area contributed by atoms with E-state index in [0.717, 1.165) is 25.0 Å². The molecule has 5 rings (SSSR count). The number of rotatable bonds is 12. The van der Waals surface area contributed by atoms with Crippen LogP contribution in [-0.2, 0) is 61.4 Å². The number of hydrogen-bond donors (Lipinski definition) is 5. The van der Waals surface area contributed by atoms with E-state index >= 15 is 0 Å². The Morgan fingerprint density at radius 1 is 1.13 bits per heavy atom. The van der Waals surface area contributed by atoms with E-state index < -0.39 is 84.0 Å². The van der Waals surface area contributed by atoms with Gasteiger partial charge in [0.05, 0.1) is 30.5 Å². The second kappa shape index (κ2) is 12.6. The van der Waals surface area contributed by atoms with Gasteiger partial charge in [0.1, 0.15) is 17.6 Å². The maximum atomic E-state index is 13.3. The number of esters is 3. The minimum Gasteiger partial charge on any atom is -0.481 e. The predicted molar refractivity (Wildman–Crippen MR) is 154 cm³/mol. The van der Waals surface area contributed by atoms with Gasteiger partial charge in [0.15, 0.2) is 12.2 Å². The number of nitrogens with one attached hydrogen (secondary N) is 1. The van der Waals surface area contributed by atoms with Gasteiger partial charge in [-0.2, -0.15) is 0 Å². The van der Waals surface area contributed by atoms with E-state index in [4.69, 9.17) is 29.2 Å². The van der Waals surface area contributed by atoms with Crippen LogP contribution in [0.25, 0.3) is 0 Å². The number of carbonyl (C=O) groups is 6. The number of piperidine rings is 1. The van der Waals surface area contributed by atoms with Gasteiger partial charge in [-0.15, -0.1) is 0 Å². The molecule has 0 saturated carbocycles. The molecule has 2 bridgehead atoms. The number of nitrogens with zero attached hydrogens (tertiary/aromatic N) is 1. The van der Waals surface area contributed by atoms with Gasteiger partial charge in [0.2, 0.25) is 6.10 Å². The molecule has 1 saturated heterocycles. The number of likely N-dealkylation sites (tertiary alicyclic amines) is 1. The molecule has 4 aliphatic rings. The second-order valence-corrected chi connectivity index (χ2v) is 12.3. The summed E-state index contributed by atoms with van der Waals surface area (Å²) in [7, 11) is 1.94. The van der Waals surface area contributed by atoms with E-state index in [1.54, 1.807) is 12.1 Å². The van der Waals surface area contributed by atoms with Gasteiger partial charge in [-0.1, -0.05) is 12.1 Å². The highest BCUT2D eigenvalue weighted by Gasteiger charge is 2.71. The molecule has 1 aromatic rings. The standard InChI is InChI=1S/C31H36N2O14/c1-14(27(39)32-18(28(40)41)11-22(36)37)44-29(42)20(45-15(2)35)12-23(38)46-19-6-7-31(43)21-10-16-4-5-17(13-34)25-24(16)30(31,26(19)47-25)8-9-33(21)3/h4-6,14,18,20-21,26,34,43H,7-13H2,1-3H3,(H,32,39)(H,36,37)(H,40,41)/t14-,18-,20-,21+,26-,30-,31+/m0/s1. The van der Waals surface area contributed by atoms with Crippen molar-refractivity contribution < 1.29 is 68.1 Å². The first-order valence-electron chi connectivity index (χ1n) is 15.0. The molecule has 1 fully saturated rings. The molecule has 0 radical (unpaired) electrons. The first-order chi connectivity index (χ1) is 22.1. The number of carboxylic acids is 2. The molecule has 2 heterocycles. The molecule has 5 N–H and O–H groups in total. The molecular formula is C31H36N2O14. The number of aliphatic hydroxyl groups is 2. The maximum Gasteiger partial charge on any atom is 0.348 e. The summed E-state index contributed by atoms with van der Waals surface area (Å²) >= 11 is 0. The highest BCUT2D eigenvalue weighted by Crippen LogP contribution is 2.64. The van der Waals surface area contributed by atoms with Crippen molar-refractivity contribution in [1.82, 2.24) is 10.2 Å². The summed E-state index contributed by atoms with van der Waals surface area (Å²) in [5.41, 5.74) is -0.00986. The minimum atomic E-state index is -1.86. The highest BCUT2D eigenvalue weighted by molar-refractivity contribution is 5.91. The van der Waals surface area contributed by atoms with E-state index in [-0.39, 0.29) is 24.8 Å². The normalized spacial score (nSPS) is 27.1. The fourth-order valence-corrected chi connectivity index (χ4v) is 7.30. The van der Waals surface area contributed by atoms with Crippen molar-refractivity contribution in [2.75, 3.05) is 13.6 Å². The van der Waals surface area contributed by atoms with E-state index in [1.165, 1.54) is 0 Å². The Morgan fingerprint density at radius 2 is 1.85 bits per heavy atom. The Hall–Kier alpha value is -4.54. The van der Waals surface area contributed by atoms with Crippen molar-refractivity contribution in [3.05, 3.63) is 40.7 Å². The van der Waals surface area contributed by atoms with E-state index in [9.17, 15) is 39.0 Å². The van der Waals surface area contributed by atoms with Crippen LogP contribution in [0, 0.1) is 0 Å². The number of aliphatic carboxylic acids is 2. The molecule has 1 amide bonds. The van der Waals surface area contributed by atoms with Crippen molar-refractivity contribution in [1.29, 1.82) is 0 Å². The third-order valence-corrected chi connectivity index (χ3v) is 9.44. The molecule has 1 spiro atoms. The number of aliphatic hydroxyl groups excluding tert-OH is 1. The van der Waals surface area contributed by atoms with Crippen molar-refractivity contribution in [3.63, 3.8) is 0 Å². The largest absolute Gasteiger partial charge is 0.481 e. The lowest BCUT2D eigenvalue weighted by atomic mass is 9.50. The first kappa shape index (κ1) is 33.8. The van der Waals surface area contributed by atoms with Crippen LogP contribution in [0.3, 0.4) is 0 Å². The Labute approximate surface area is 268 Å². The van der Waals surface area contributed by atoms with Gasteiger partial charge >= 0.3 is 29.8 Å². The molecule has 2 aliphatic carbocycles. The van der Waals surface area contributed by atoms with E-state index in [0.29, 0.717) is 30.7 Å². The number of benzene rings is 1. The van der Waals surface area contributed by atoms with Crippen LogP contribution in [0.15, 0.2) is 24.0 Å². The van der Waals surface area contributed by atoms with Gasteiger partial charge in [-0.05, 0) is 45.0 Å². The summed E-state index contributed by atoms with van der Waals surface area (Å²) in [5, 5.41) is 42.3. The molecule has 2 aliphatic heterocycles. The van der Waals surface area contributed by atoms with Crippen LogP contribution in [0.5, 0.6) is 5.75 Å². The average Bonchev–Trinajstić information content (AvgIpc) is 3.35. The zero-order valence-electron chi connectivity index (χ0n) is 25.9. The predicted octanol–water partition coefficient (Wildman–Crippen LogP) is -0.703. The van der Waals surface area contributed by atoms with E-state index in [2.05, 4.69) is 4.90 Å². The molecule has 0 aromatic heterocycles. The number of likely N-dealkylation sites (N-methyl/N-ethyl adjacent to an activating group) is 1. The lowest BCUT2D eigenvalue weighted by Gasteiger charge is -2.61. The zero-order valence-corrected chi connectivity index (χ0v) is 25.9. The van der Waals surface area contributed by atoms with Gasteiger partial charge < -0.3 is 49.6 Å². The lowest BCUT2D eigenvalue weighted by Crippen LogP contribution is -2.74. The summed E-state index contributed by atoms with van der Waals surface area (Å²) in [4.78, 5) is 74.7. The van der Waals surface area contributed by atoms with Gasteiger partial charge in [-0.3, -0.25) is 19.2 Å². The van der Waals surface area contributed by atoms with Gasteiger partial charge in [-0.25, -0.2) is 9.59 Å².